The zero-order chi connectivity index (χ0) is 25.3. The van der Waals surface area contributed by atoms with Crippen LogP contribution in [-0.2, 0) is 14.8 Å². The van der Waals surface area contributed by atoms with E-state index in [0.717, 1.165) is 12.1 Å². The van der Waals surface area contributed by atoms with E-state index in [0.29, 0.717) is 43.2 Å². The van der Waals surface area contributed by atoms with Gasteiger partial charge in [-0.15, -0.1) is 0 Å². The van der Waals surface area contributed by atoms with E-state index >= 15 is 4.39 Å². The Morgan fingerprint density at radius 1 is 0.972 bits per heavy atom. The number of nitrogens with one attached hydrogen (secondary N) is 1. The highest BCUT2D eigenvalue weighted by atomic mass is 32.2. The quantitative estimate of drug-likeness (QED) is 0.394. The van der Waals surface area contributed by atoms with Gasteiger partial charge in [0.15, 0.2) is 11.6 Å². The number of hydrogen-bond donors (Lipinski definition) is 1. The van der Waals surface area contributed by atoms with Crippen LogP contribution in [0, 0.1) is 11.6 Å². The van der Waals surface area contributed by atoms with Crippen molar-refractivity contribution < 1.29 is 26.7 Å². The van der Waals surface area contributed by atoms with Gasteiger partial charge in [-0.1, -0.05) is 12.1 Å². The first kappa shape index (κ1) is 23.8. The number of sulfonamides is 1. The van der Waals surface area contributed by atoms with Gasteiger partial charge in [0.2, 0.25) is 0 Å². The highest BCUT2D eigenvalue weighted by molar-refractivity contribution is 7.92. The third-order valence-corrected chi connectivity index (χ3v) is 7.08. The van der Waals surface area contributed by atoms with Crippen molar-refractivity contribution in [2.75, 3.05) is 35.9 Å². The minimum atomic E-state index is -4.28. The van der Waals surface area contributed by atoms with Crippen LogP contribution in [0.2, 0.25) is 0 Å². The van der Waals surface area contributed by atoms with Gasteiger partial charge < -0.3 is 9.64 Å². The molecule has 2 heterocycles. The van der Waals surface area contributed by atoms with Gasteiger partial charge in [-0.05, 0) is 48.5 Å². The summed E-state index contributed by atoms with van der Waals surface area (Å²) in [5, 5.41) is 0. The molecule has 8 nitrogen and oxygen atoms in total. The third kappa shape index (κ3) is 4.75. The van der Waals surface area contributed by atoms with Crippen molar-refractivity contribution in [1.82, 2.24) is 9.97 Å². The first-order valence-electron chi connectivity index (χ1n) is 11.0. The lowest BCUT2D eigenvalue weighted by Gasteiger charge is -2.27. The van der Waals surface area contributed by atoms with Gasteiger partial charge in [0, 0.05) is 18.7 Å². The van der Waals surface area contributed by atoms with Crippen LogP contribution in [0.3, 0.4) is 0 Å². The second-order valence-corrected chi connectivity index (χ2v) is 9.77. The zero-order valence-electron chi connectivity index (χ0n) is 18.8. The number of anilines is 2. The van der Waals surface area contributed by atoms with Crippen molar-refractivity contribution in [3.8, 4) is 0 Å². The highest BCUT2D eigenvalue weighted by Crippen LogP contribution is 2.25. The summed E-state index contributed by atoms with van der Waals surface area (Å²) in [5.74, 6) is -1.80. The lowest BCUT2D eigenvalue weighted by atomic mass is 10.0. The van der Waals surface area contributed by atoms with E-state index in [1.165, 1.54) is 42.5 Å². The minimum absolute atomic E-state index is 0.167. The maximum atomic E-state index is 15.3. The Morgan fingerprint density at radius 3 is 2.53 bits per heavy atom. The summed E-state index contributed by atoms with van der Waals surface area (Å²) >= 11 is 0. The summed E-state index contributed by atoms with van der Waals surface area (Å²) in [7, 11) is -4.28. The first-order chi connectivity index (χ1) is 17.3. The molecule has 5 rings (SSSR count). The molecule has 0 saturated carbocycles. The van der Waals surface area contributed by atoms with Crippen molar-refractivity contribution in [1.29, 1.82) is 0 Å². The summed E-state index contributed by atoms with van der Waals surface area (Å²) in [6.07, 6.45) is 1.66. The normalized spacial score (nSPS) is 14.1. The molecule has 0 spiro atoms. The van der Waals surface area contributed by atoms with Crippen molar-refractivity contribution >= 4 is 38.3 Å². The molecule has 184 valence electrons. The number of aromatic nitrogens is 2. The number of ketones is 1. The monoisotopic (exact) mass is 510 g/mol. The molecule has 0 unspecified atom stereocenters. The fourth-order valence-corrected chi connectivity index (χ4v) is 4.96. The number of benzene rings is 3. The van der Waals surface area contributed by atoms with Gasteiger partial charge >= 0.3 is 0 Å². The standard InChI is InChI=1S/C25H20F2N4O4S/c26-17-3-1-4-18(14-17)36(33,34)30-21-6-2-5-19(24(21)27)25(32)16-7-8-20-22(13-16)29-23(15-28-20)31-9-11-35-12-10-31/h1-8,13-15,30H,9-12H2. The molecule has 1 aromatic heterocycles. The van der Waals surface area contributed by atoms with E-state index in [2.05, 4.69) is 14.7 Å². The minimum Gasteiger partial charge on any atom is -0.378 e. The van der Waals surface area contributed by atoms with E-state index < -0.39 is 33.1 Å². The summed E-state index contributed by atoms with van der Waals surface area (Å²) < 4.78 is 61.4. The second-order valence-electron chi connectivity index (χ2n) is 8.09. The summed E-state index contributed by atoms with van der Waals surface area (Å²) in [4.78, 5) is 23.8. The van der Waals surface area contributed by atoms with Crippen LogP contribution in [-0.4, -0.2) is 50.5 Å². The number of rotatable bonds is 6. The topological polar surface area (TPSA) is 101 Å². The maximum Gasteiger partial charge on any atom is 0.262 e. The molecule has 1 aliphatic rings. The van der Waals surface area contributed by atoms with Gasteiger partial charge in [-0.3, -0.25) is 14.5 Å². The molecule has 1 aliphatic heterocycles. The zero-order valence-corrected chi connectivity index (χ0v) is 19.6. The highest BCUT2D eigenvalue weighted by Gasteiger charge is 2.22. The second kappa shape index (κ2) is 9.59. The number of fused-ring (bicyclic) bond motifs is 1. The number of morpholine rings is 1. The van der Waals surface area contributed by atoms with Gasteiger partial charge in [0.05, 0.1) is 46.6 Å². The fraction of sp³-hybridized carbons (Fsp3) is 0.160. The lowest BCUT2D eigenvalue weighted by molar-refractivity contribution is 0.103. The Morgan fingerprint density at radius 2 is 1.75 bits per heavy atom. The van der Waals surface area contributed by atoms with Crippen LogP contribution in [0.4, 0.5) is 20.3 Å². The van der Waals surface area contributed by atoms with Crippen LogP contribution in [0.25, 0.3) is 11.0 Å². The van der Waals surface area contributed by atoms with E-state index in [4.69, 9.17) is 4.74 Å². The Kier molecular flexibility index (Phi) is 6.33. The molecule has 36 heavy (non-hydrogen) atoms. The Hall–Kier alpha value is -3.96. The number of halogens is 2. The summed E-state index contributed by atoms with van der Waals surface area (Å²) in [6.45, 7) is 2.50. The number of carbonyl (C=O) groups excluding carboxylic acids is 1. The predicted octanol–water partition coefficient (Wildman–Crippen LogP) is 3.78. The van der Waals surface area contributed by atoms with Crippen molar-refractivity contribution in [2.45, 2.75) is 4.90 Å². The molecule has 1 fully saturated rings. The molecule has 1 N–H and O–H groups in total. The van der Waals surface area contributed by atoms with E-state index in [1.807, 2.05) is 4.90 Å². The fourth-order valence-electron chi connectivity index (χ4n) is 3.87. The summed E-state index contributed by atoms with van der Waals surface area (Å²) in [6, 6.07) is 12.8. The van der Waals surface area contributed by atoms with Crippen LogP contribution in [0.5, 0.6) is 0 Å². The molecule has 0 amide bonds. The molecule has 4 aromatic rings. The molecule has 0 aliphatic carbocycles. The summed E-state index contributed by atoms with van der Waals surface area (Å²) in [5.41, 5.74) is 0.445. The van der Waals surface area contributed by atoms with Crippen LogP contribution in [0.1, 0.15) is 15.9 Å². The number of hydrogen-bond acceptors (Lipinski definition) is 7. The van der Waals surface area contributed by atoms with E-state index in [1.54, 1.807) is 12.3 Å². The molecule has 1 saturated heterocycles. The Labute approximate surface area is 205 Å². The molecular weight excluding hydrogens is 490 g/mol. The van der Waals surface area contributed by atoms with Gasteiger partial charge in [0.25, 0.3) is 10.0 Å². The molecule has 0 atom stereocenters. The van der Waals surface area contributed by atoms with Gasteiger partial charge in [-0.2, -0.15) is 0 Å². The van der Waals surface area contributed by atoms with Gasteiger partial charge in [0.1, 0.15) is 11.6 Å². The third-order valence-electron chi connectivity index (χ3n) is 5.72. The average molecular weight is 511 g/mol. The Balaban J connectivity index is 1.45. The van der Waals surface area contributed by atoms with E-state index in [-0.39, 0.29) is 16.0 Å². The smallest absolute Gasteiger partial charge is 0.262 e. The number of nitrogens with zero attached hydrogens (tertiary/aromatic N) is 3. The van der Waals surface area contributed by atoms with Crippen molar-refractivity contribution in [2.24, 2.45) is 0 Å². The van der Waals surface area contributed by atoms with Crippen molar-refractivity contribution in [3.63, 3.8) is 0 Å². The number of carbonyl (C=O) groups is 1. The van der Waals surface area contributed by atoms with Crippen molar-refractivity contribution in [3.05, 3.63) is 89.6 Å². The molecule has 0 bridgehead atoms. The molecule has 3 aromatic carbocycles. The SMILES string of the molecule is O=C(c1ccc2ncc(N3CCOCC3)nc2c1)c1cccc(NS(=O)(=O)c2cccc(F)c2)c1F. The van der Waals surface area contributed by atoms with E-state index in [9.17, 15) is 17.6 Å². The first-order valence-corrected chi connectivity index (χ1v) is 12.5. The molecular formula is C25H20F2N4O4S. The van der Waals surface area contributed by atoms with Crippen LogP contribution >= 0.6 is 0 Å². The molecule has 0 radical (unpaired) electrons. The lowest BCUT2D eigenvalue weighted by Crippen LogP contribution is -2.36. The van der Waals surface area contributed by atoms with Crippen LogP contribution < -0.4 is 9.62 Å². The van der Waals surface area contributed by atoms with Gasteiger partial charge in [-0.25, -0.2) is 22.2 Å². The Bertz CT molecular complexity index is 1570. The largest absolute Gasteiger partial charge is 0.378 e. The molecule has 11 heteroatoms. The predicted molar refractivity (Wildman–Crippen MR) is 130 cm³/mol. The van der Waals surface area contributed by atoms with Crippen LogP contribution in [0.15, 0.2) is 71.8 Å². The maximum absolute atomic E-state index is 15.3. The average Bonchev–Trinajstić information content (AvgIpc) is 2.89. The number of ether oxygens (including phenoxy) is 1.